The molecule has 0 radical (unpaired) electrons. The van der Waals surface area contributed by atoms with Gasteiger partial charge in [0, 0.05) is 11.8 Å². The van der Waals surface area contributed by atoms with Crippen molar-refractivity contribution in [3.05, 3.63) is 42.5 Å². The van der Waals surface area contributed by atoms with Crippen molar-refractivity contribution in [1.82, 2.24) is 4.98 Å². The Labute approximate surface area is 120 Å². The summed E-state index contributed by atoms with van der Waals surface area (Å²) in [6.07, 6.45) is 1.19. The standard InChI is InChI=1S/C14H11NO3S2/c1-20(17,18)11-6-7-12-13(8-11)19-14(15-12)9-2-4-10(16)5-3-9/h2-8,16H,1H3. The number of sulfone groups is 1. The van der Waals surface area contributed by atoms with E-state index in [4.69, 9.17) is 0 Å². The predicted molar refractivity (Wildman–Crippen MR) is 79.8 cm³/mol. The minimum absolute atomic E-state index is 0.203. The number of phenolic OH excluding ortho intramolecular Hbond substituents is 1. The molecule has 102 valence electrons. The van der Waals surface area contributed by atoms with E-state index in [9.17, 15) is 13.5 Å². The third-order valence-corrected chi connectivity index (χ3v) is 5.08. The normalized spacial score (nSPS) is 11.8. The van der Waals surface area contributed by atoms with Crippen molar-refractivity contribution >= 4 is 31.4 Å². The quantitative estimate of drug-likeness (QED) is 0.790. The number of nitrogens with zero attached hydrogens (tertiary/aromatic N) is 1. The van der Waals surface area contributed by atoms with Crippen LogP contribution in [0.4, 0.5) is 0 Å². The molecule has 3 aromatic rings. The second-order valence-corrected chi connectivity index (χ2v) is 7.51. The summed E-state index contributed by atoms with van der Waals surface area (Å²) in [6.45, 7) is 0. The van der Waals surface area contributed by atoms with Gasteiger partial charge in [-0.1, -0.05) is 0 Å². The van der Waals surface area contributed by atoms with Gasteiger partial charge >= 0.3 is 0 Å². The highest BCUT2D eigenvalue weighted by atomic mass is 32.2. The minimum atomic E-state index is -3.21. The molecule has 1 heterocycles. The second-order valence-electron chi connectivity index (χ2n) is 4.47. The van der Waals surface area contributed by atoms with Gasteiger partial charge in [0.15, 0.2) is 9.84 Å². The van der Waals surface area contributed by atoms with E-state index in [1.807, 2.05) is 0 Å². The number of hydrogen-bond donors (Lipinski definition) is 1. The summed E-state index contributed by atoms with van der Waals surface area (Å²) in [5, 5.41) is 10.1. The number of fused-ring (bicyclic) bond motifs is 1. The summed E-state index contributed by atoms with van der Waals surface area (Å²) < 4.78 is 23.9. The van der Waals surface area contributed by atoms with Crippen LogP contribution in [-0.4, -0.2) is 24.8 Å². The molecule has 0 spiro atoms. The number of aromatic nitrogens is 1. The summed E-state index contributed by atoms with van der Waals surface area (Å²) in [7, 11) is -3.21. The Morgan fingerprint density at radius 3 is 2.45 bits per heavy atom. The molecule has 6 heteroatoms. The monoisotopic (exact) mass is 305 g/mol. The average molecular weight is 305 g/mol. The van der Waals surface area contributed by atoms with Crippen molar-refractivity contribution < 1.29 is 13.5 Å². The first kappa shape index (κ1) is 13.1. The maximum Gasteiger partial charge on any atom is 0.175 e. The molecule has 0 saturated heterocycles. The molecule has 0 amide bonds. The van der Waals surface area contributed by atoms with Crippen LogP contribution in [0.5, 0.6) is 5.75 Å². The van der Waals surface area contributed by atoms with Gasteiger partial charge in [0.2, 0.25) is 0 Å². The molecule has 0 fully saturated rings. The molecule has 0 aliphatic carbocycles. The van der Waals surface area contributed by atoms with Crippen molar-refractivity contribution in [1.29, 1.82) is 0 Å². The molecule has 2 aromatic carbocycles. The Bertz CT molecular complexity index is 880. The highest BCUT2D eigenvalue weighted by Crippen LogP contribution is 2.32. The fraction of sp³-hybridized carbons (Fsp3) is 0.0714. The Morgan fingerprint density at radius 2 is 1.80 bits per heavy atom. The van der Waals surface area contributed by atoms with Crippen LogP contribution >= 0.6 is 11.3 Å². The molecule has 0 aliphatic rings. The predicted octanol–water partition coefficient (Wildman–Crippen LogP) is 3.07. The highest BCUT2D eigenvalue weighted by molar-refractivity contribution is 7.90. The summed E-state index contributed by atoms with van der Waals surface area (Å²) in [4.78, 5) is 4.77. The van der Waals surface area contributed by atoms with E-state index in [-0.39, 0.29) is 5.75 Å². The first-order valence-electron chi connectivity index (χ1n) is 5.83. The van der Waals surface area contributed by atoms with E-state index >= 15 is 0 Å². The largest absolute Gasteiger partial charge is 0.508 e. The molecule has 1 aromatic heterocycles. The zero-order valence-electron chi connectivity index (χ0n) is 10.6. The van der Waals surface area contributed by atoms with Crippen molar-refractivity contribution in [2.45, 2.75) is 4.90 Å². The molecular formula is C14H11NO3S2. The van der Waals surface area contributed by atoms with Crippen LogP contribution in [0.1, 0.15) is 0 Å². The first-order chi connectivity index (χ1) is 9.43. The van der Waals surface area contributed by atoms with Gasteiger partial charge in [-0.3, -0.25) is 0 Å². The SMILES string of the molecule is CS(=O)(=O)c1ccc2nc(-c3ccc(O)cc3)sc2c1. The van der Waals surface area contributed by atoms with Crippen molar-refractivity contribution in [2.75, 3.05) is 6.26 Å². The maximum atomic E-state index is 11.5. The van der Waals surface area contributed by atoms with Crippen LogP contribution in [-0.2, 0) is 9.84 Å². The van der Waals surface area contributed by atoms with Gasteiger partial charge in [-0.25, -0.2) is 13.4 Å². The Morgan fingerprint density at radius 1 is 1.10 bits per heavy atom. The minimum Gasteiger partial charge on any atom is -0.508 e. The molecule has 0 unspecified atom stereocenters. The third-order valence-electron chi connectivity index (χ3n) is 2.90. The van der Waals surface area contributed by atoms with Crippen LogP contribution < -0.4 is 0 Å². The fourth-order valence-corrected chi connectivity index (χ4v) is 3.60. The van der Waals surface area contributed by atoms with Crippen molar-refractivity contribution in [3.8, 4) is 16.3 Å². The van der Waals surface area contributed by atoms with Crippen molar-refractivity contribution in [2.24, 2.45) is 0 Å². The molecule has 1 N–H and O–H groups in total. The van der Waals surface area contributed by atoms with E-state index < -0.39 is 9.84 Å². The van der Waals surface area contributed by atoms with Gasteiger partial charge in [0.05, 0.1) is 15.1 Å². The average Bonchev–Trinajstić information content (AvgIpc) is 2.81. The van der Waals surface area contributed by atoms with E-state index in [0.29, 0.717) is 4.90 Å². The number of rotatable bonds is 2. The fourth-order valence-electron chi connectivity index (χ4n) is 1.86. The number of thiazole rings is 1. The number of benzene rings is 2. The van der Waals surface area contributed by atoms with E-state index in [2.05, 4.69) is 4.98 Å². The van der Waals surface area contributed by atoms with E-state index in [1.165, 1.54) is 17.6 Å². The maximum absolute atomic E-state index is 11.5. The molecule has 3 rings (SSSR count). The highest BCUT2D eigenvalue weighted by Gasteiger charge is 2.11. The third kappa shape index (κ3) is 2.39. The van der Waals surface area contributed by atoms with Gasteiger partial charge in [-0.15, -0.1) is 11.3 Å². The lowest BCUT2D eigenvalue weighted by Crippen LogP contribution is -1.95. The number of hydrogen-bond acceptors (Lipinski definition) is 5. The zero-order chi connectivity index (χ0) is 14.3. The van der Waals surface area contributed by atoms with Crippen LogP contribution in [0, 0.1) is 0 Å². The van der Waals surface area contributed by atoms with Crippen LogP contribution in [0.15, 0.2) is 47.4 Å². The Kier molecular flexibility index (Phi) is 2.99. The lowest BCUT2D eigenvalue weighted by Gasteiger charge is -1.96. The Balaban J connectivity index is 2.13. The smallest absolute Gasteiger partial charge is 0.175 e. The van der Waals surface area contributed by atoms with Gasteiger partial charge in [0.1, 0.15) is 10.8 Å². The van der Waals surface area contributed by atoms with E-state index in [0.717, 1.165) is 20.8 Å². The molecular weight excluding hydrogens is 294 g/mol. The molecule has 20 heavy (non-hydrogen) atoms. The van der Waals surface area contributed by atoms with Gasteiger partial charge in [0.25, 0.3) is 0 Å². The van der Waals surface area contributed by atoms with Crippen LogP contribution in [0.3, 0.4) is 0 Å². The van der Waals surface area contributed by atoms with Gasteiger partial charge in [-0.05, 0) is 42.5 Å². The lowest BCUT2D eigenvalue weighted by atomic mass is 10.2. The summed E-state index contributed by atoms with van der Waals surface area (Å²) in [5.74, 6) is 0.203. The molecule has 0 atom stereocenters. The van der Waals surface area contributed by atoms with E-state index in [1.54, 1.807) is 42.5 Å². The second kappa shape index (κ2) is 4.57. The molecule has 0 bridgehead atoms. The molecule has 0 aliphatic heterocycles. The summed E-state index contributed by atoms with van der Waals surface area (Å²) in [5.41, 5.74) is 1.66. The Hall–Kier alpha value is -1.92. The van der Waals surface area contributed by atoms with Crippen LogP contribution in [0.25, 0.3) is 20.8 Å². The summed E-state index contributed by atoms with van der Waals surface area (Å²) in [6, 6.07) is 11.7. The van der Waals surface area contributed by atoms with Gasteiger partial charge < -0.3 is 5.11 Å². The topological polar surface area (TPSA) is 67.3 Å². The van der Waals surface area contributed by atoms with Crippen LogP contribution in [0.2, 0.25) is 0 Å². The first-order valence-corrected chi connectivity index (χ1v) is 8.54. The zero-order valence-corrected chi connectivity index (χ0v) is 12.2. The lowest BCUT2D eigenvalue weighted by molar-refractivity contribution is 0.475. The van der Waals surface area contributed by atoms with Gasteiger partial charge in [-0.2, -0.15) is 0 Å². The van der Waals surface area contributed by atoms with Crippen molar-refractivity contribution in [3.63, 3.8) is 0 Å². The number of aromatic hydroxyl groups is 1. The number of phenols is 1. The molecule has 4 nitrogen and oxygen atoms in total. The summed E-state index contributed by atoms with van der Waals surface area (Å²) >= 11 is 1.43. The molecule has 0 saturated carbocycles.